The molecule has 0 fully saturated rings. The number of imidazole rings is 1. The number of fused-ring (bicyclic) bond motifs is 2. The number of thiazole rings is 1. The summed E-state index contributed by atoms with van der Waals surface area (Å²) >= 11 is 1.70. The van der Waals surface area contributed by atoms with Gasteiger partial charge < -0.3 is 0 Å². The second-order valence-electron chi connectivity index (χ2n) is 4.89. The summed E-state index contributed by atoms with van der Waals surface area (Å²) < 4.78 is 2.18. The Labute approximate surface area is 110 Å². The lowest BCUT2D eigenvalue weighted by molar-refractivity contribution is 0.686. The van der Waals surface area contributed by atoms with E-state index in [2.05, 4.69) is 33.0 Å². The number of aromatic nitrogens is 2. The molecule has 3 aromatic rings. The van der Waals surface area contributed by atoms with Gasteiger partial charge in [-0.15, -0.1) is 11.3 Å². The molecule has 2 nitrogen and oxygen atoms in total. The van der Waals surface area contributed by atoms with E-state index < -0.39 is 0 Å². The van der Waals surface area contributed by atoms with Crippen molar-refractivity contribution in [3.05, 3.63) is 47.1 Å². The Hall–Kier alpha value is -1.61. The number of nitrogens with zero attached hydrogens (tertiary/aromatic N) is 2. The van der Waals surface area contributed by atoms with Crippen molar-refractivity contribution in [2.45, 2.75) is 25.7 Å². The van der Waals surface area contributed by atoms with Gasteiger partial charge in [0.25, 0.3) is 0 Å². The Balaban J connectivity index is 1.87. The van der Waals surface area contributed by atoms with E-state index in [1.165, 1.54) is 36.9 Å². The second kappa shape index (κ2) is 3.95. The van der Waals surface area contributed by atoms with E-state index >= 15 is 0 Å². The summed E-state index contributed by atoms with van der Waals surface area (Å²) in [6.45, 7) is 0. The maximum atomic E-state index is 4.33. The molecule has 0 saturated carbocycles. The minimum Gasteiger partial charge on any atom is -0.290 e. The third-order valence-corrected chi connectivity index (χ3v) is 4.64. The van der Waals surface area contributed by atoms with Gasteiger partial charge >= 0.3 is 0 Å². The molecule has 1 aliphatic carbocycles. The molecule has 4 rings (SSSR count). The topological polar surface area (TPSA) is 17.3 Å². The average molecular weight is 254 g/mol. The minimum atomic E-state index is 1.07. The molecule has 1 aromatic carbocycles. The summed E-state index contributed by atoms with van der Waals surface area (Å²) in [6.07, 6.45) is 9.08. The summed E-state index contributed by atoms with van der Waals surface area (Å²) in [6, 6.07) is 6.94. The highest BCUT2D eigenvalue weighted by molar-refractivity contribution is 7.15. The highest BCUT2D eigenvalue weighted by Gasteiger charge is 2.12. The van der Waals surface area contributed by atoms with Crippen LogP contribution in [0, 0.1) is 0 Å². The van der Waals surface area contributed by atoms with Crippen LogP contribution >= 0.6 is 11.3 Å². The van der Waals surface area contributed by atoms with Gasteiger partial charge in [0, 0.05) is 17.8 Å². The molecule has 0 N–H and O–H groups in total. The third-order valence-electron chi connectivity index (χ3n) is 3.79. The SMILES string of the molecule is c1cn2c(-c3ccc4c(c3)CCCC4)csc2n1. The fourth-order valence-corrected chi connectivity index (χ4v) is 3.69. The van der Waals surface area contributed by atoms with Crippen LogP contribution in [0.4, 0.5) is 0 Å². The first-order chi connectivity index (χ1) is 8.92. The van der Waals surface area contributed by atoms with Crippen molar-refractivity contribution in [2.24, 2.45) is 0 Å². The van der Waals surface area contributed by atoms with Crippen molar-refractivity contribution in [3.8, 4) is 11.3 Å². The van der Waals surface area contributed by atoms with Crippen LogP contribution in [0.5, 0.6) is 0 Å². The first kappa shape index (κ1) is 10.3. The lowest BCUT2D eigenvalue weighted by Gasteiger charge is -2.16. The van der Waals surface area contributed by atoms with E-state index in [0.29, 0.717) is 0 Å². The quantitative estimate of drug-likeness (QED) is 0.643. The van der Waals surface area contributed by atoms with Crippen LogP contribution in [0.3, 0.4) is 0 Å². The molecule has 0 unspecified atom stereocenters. The minimum absolute atomic E-state index is 1.07. The molecule has 0 bridgehead atoms. The molecule has 90 valence electrons. The molecule has 2 aromatic heterocycles. The van der Waals surface area contributed by atoms with Crippen LogP contribution in [0.25, 0.3) is 16.2 Å². The Morgan fingerprint density at radius 3 is 2.94 bits per heavy atom. The van der Waals surface area contributed by atoms with E-state index in [9.17, 15) is 0 Å². The summed E-state index contributed by atoms with van der Waals surface area (Å²) in [5.74, 6) is 0. The van der Waals surface area contributed by atoms with Crippen LogP contribution < -0.4 is 0 Å². The first-order valence-corrected chi connectivity index (χ1v) is 7.32. The average Bonchev–Trinajstić information content (AvgIpc) is 3.00. The van der Waals surface area contributed by atoms with Gasteiger partial charge in [0.2, 0.25) is 0 Å². The number of hydrogen-bond donors (Lipinski definition) is 0. The molecule has 0 spiro atoms. The van der Waals surface area contributed by atoms with Crippen molar-refractivity contribution < 1.29 is 0 Å². The lowest BCUT2D eigenvalue weighted by Crippen LogP contribution is -2.02. The molecule has 0 atom stereocenters. The van der Waals surface area contributed by atoms with Gasteiger partial charge in [0.05, 0.1) is 5.69 Å². The van der Waals surface area contributed by atoms with Crippen molar-refractivity contribution in [3.63, 3.8) is 0 Å². The lowest BCUT2D eigenvalue weighted by atomic mass is 9.90. The van der Waals surface area contributed by atoms with E-state index in [0.717, 1.165) is 4.96 Å². The molecule has 2 heterocycles. The molecular formula is C15H14N2S. The maximum Gasteiger partial charge on any atom is 0.194 e. The van der Waals surface area contributed by atoms with E-state index in [1.54, 1.807) is 22.5 Å². The van der Waals surface area contributed by atoms with Crippen molar-refractivity contribution >= 4 is 16.3 Å². The molecule has 3 heteroatoms. The van der Waals surface area contributed by atoms with Gasteiger partial charge in [-0.1, -0.05) is 12.1 Å². The summed E-state index contributed by atoms with van der Waals surface area (Å²) in [5.41, 5.74) is 5.67. The van der Waals surface area contributed by atoms with Crippen molar-refractivity contribution in [1.82, 2.24) is 9.38 Å². The maximum absolute atomic E-state index is 4.33. The summed E-state index contributed by atoms with van der Waals surface area (Å²) in [7, 11) is 0. The zero-order chi connectivity index (χ0) is 11.9. The highest BCUT2D eigenvalue weighted by Crippen LogP contribution is 2.29. The largest absolute Gasteiger partial charge is 0.290 e. The molecule has 0 aliphatic heterocycles. The van der Waals surface area contributed by atoms with E-state index in [1.807, 2.05) is 12.4 Å². The van der Waals surface area contributed by atoms with Crippen LogP contribution in [0.1, 0.15) is 24.0 Å². The number of aryl methyl sites for hydroxylation is 2. The second-order valence-corrected chi connectivity index (χ2v) is 5.73. The van der Waals surface area contributed by atoms with Gasteiger partial charge in [-0.05, 0) is 48.4 Å². The van der Waals surface area contributed by atoms with Crippen molar-refractivity contribution in [1.29, 1.82) is 0 Å². The van der Waals surface area contributed by atoms with Gasteiger partial charge in [-0.3, -0.25) is 4.40 Å². The molecule has 0 radical (unpaired) electrons. The summed E-state index contributed by atoms with van der Waals surface area (Å²) in [4.78, 5) is 5.41. The predicted octanol–water partition coefficient (Wildman–Crippen LogP) is 3.94. The van der Waals surface area contributed by atoms with Crippen LogP contribution in [0.2, 0.25) is 0 Å². The fourth-order valence-electron chi connectivity index (χ4n) is 2.83. The molecule has 0 saturated heterocycles. The number of hydrogen-bond acceptors (Lipinski definition) is 2. The normalized spacial score (nSPS) is 14.9. The first-order valence-electron chi connectivity index (χ1n) is 6.44. The molecular weight excluding hydrogens is 240 g/mol. The van der Waals surface area contributed by atoms with E-state index in [4.69, 9.17) is 0 Å². The molecule has 0 amide bonds. The number of benzene rings is 1. The van der Waals surface area contributed by atoms with Crippen molar-refractivity contribution in [2.75, 3.05) is 0 Å². The van der Waals surface area contributed by atoms with Crippen LogP contribution in [-0.4, -0.2) is 9.38 Å². The smallest absolute Gasteiger partial charge is 0.194 e. The molecule has 18 heavy (non-hydrogen) atoms. The third kappa shape index (κ3) is 1.51. The standard InChI is InChI=1S/C15H14N2S/c1-2-4-12-9-13(6-5-11(12)3-1)14-10-18-15-16-7-8-17(14)15/h5-10H,1-4H2. The van der Waals surface area contributed by atoms with Crippen LogP contribution in [0.15, 0.2) is 36.0 Å². The Bertz CT molecular complexity index is 708. The molecule has 1 aliphatic rings. The zero-order valence-corrected chi connectivity index (χ0v) is 10.9. The van der Waals surface area contributed by atoms with Crippen LogP contribution in [-0.2, 0) is 12.8 Å². The van der Waals surface area contributed by atoms with Gasteiger partial charge in [0.1, 0.15) is 0 Å². The van der Waals surface area contributed by atoms with E-state index in [-0.39, 0.29) is 0 Å². The fraction of sp³-hybridized carbons (Fsp3) is 0.267. The zero-order valence-electron chi connectivity index (χ0n) is 10.1. The van der Waals surface area contributed by atoms with Gasteiger partial charge in [0.15, 0.2) is 4.96 Å². The Kier molecular flexibility index (Phi) is 2.27. The summed E-state index contributed by atoms with van der Waals surface area (Å²) in [5, 5.41) is 2.20. The Morgan fingerprint density at radius 2 is 2.00 bits per heavy atom. The van der Waals surface area contributed by atoms with Gasteiger partial charge in [-0.25, -0.2) is 4.98 Å². The highest BCUT2D eigenvalue weighted by atomic mass is 32.1. The number of rotatable bonds is 1. The Morgan fingerprint density at radius 1 is 1.11 bits per heavy atom. The van der Waals surface area contributed by atoms with Gasteiger partial charge in [-0.2, -0.15) is 0 Å². The monoisotopic (exact) mass is 254 g/mol. The predicted molar refractivity (Wildman–Crippen MR) is 75.1 cm³/mol.